The maximum Gasteiger partial charge on any atom is 0.508 e. The Morgan fingerprint density at radius 2 is 1.48 bits per heavy atom. The molecule has 0 aliphatic carbocycles. The minimum atomic E-state index is -3.34. The summed E-state index contributed by atoms with van der Waals surface area (Å²) in [6, 6.07) is -0.667. The monoisotopic (exact) mass is 425 g/mol. The first-order valence-corrected chi connectivity index (χ1v) is 9.69. The predicted octanol–water partition coefficient (Wildman–Crippen LogP) is 4.46. The largest absolute Gasteiger partial charge is 0.508 e. The van der Waals surface area contributed by atoms with Crippen molar-refractivity contribution in [2.45, 2.75) is 85.0 Å². The van der Waals surface area contributed by atoms with Crippen LogP contribution in [0.5, 0.6) is 0 Å². The van der Waals surface area contributed by atoms with Crippen molar-refractivity contribution in [3.63, 3.8) is 0 Å². The highest BCUT2D eigenvalue weighted by molar-refractivity contribution is 5.68. The third-order valence-corrected chi connectivity index (χ3v) is 4.26. The van der Waals surface area contributed by atoms with Crippen molar-refractivity contribution in [2.75, 3.05) is 20.3 Å². The van der Waals surface area contributed by atoms with E-state index in [2.05, 4.69) is 0 Å². The van der Waals surface area contributed by atoms with Crippen LogP contribution in [-0.2, 0) is 14.2 Å². The van der Waals surface area contributed by atoms with Crippen LogP contribution in [0.15, 0.2) is 0 Å². The van der Waals surface area contributed by atoms with Gasteiger partial charge in [-0.1, -0.05) is 6.92 Å². The zero-order valence-corrected chi connectivity index (χ0v) is 19.0. The number of aliphatic hydroxyl groups is 1. The van der Waals surface area contributed by atoms with Crippen LogP contribution >= 0.6 is 0 Å². The Bertz CT molecular complexity index is 542. The molecule has 0 bridgehead atoms. The van der Waals surface area contributed by atoms with E-state index in [1.807, 2.05) is 0 Å². The van der Waals surface area contributed by atoms with Crippen molar-refractivity contribution in [2.24, 2.45) is 11.8 Å². The van der Waals surface area contributed by atoms with Crippen molar-refractivity contribution >= 4 is 12.2 Å². The second kappa shape index (κ2) is 10.4. The topological polar surface area (TPSA) is 85.3 Å². The molecule has 0 heterocycles. The molecule has 7 nitrogen and oxygen atoms in total. The SMILES string of the molecule is CC(COC(=O)OC(C)(C)C)[C@H](CC(F)(F)CO)C(C)N(C)C(=O)OC(C)(C)C. The standard InChI is InChI=1S/C20H37F2NO6/c1-13(11-27-17(26)29-19(6,7)8)15(10-20(21,22)12-24)14(2)23(9)16(25)28-18(3,4)5/h13-15,24H,10-12H2,1-9H3/t13?,14?,15-/m0/s1. The lowest BCUT2D eigenvalue weighted by Crippen LogP contribution is -2.47. The molecule has 172 valence electrons. The summed E-state index contributed by atoms with van der Waals surface area (Å²) in [5, 5.41) is 8.99. The Kier molecular flexibility index (Phi) is 9.82. The quantitative estimate of drug-likeness (QED) is 0.578. The van der Waals surface area contributed by atoms with Crippen LogP contribution in [-0.4, -0.2) is 65.7 Å². The molecule has 0 spiro atoms. The molecular weight excluding hydrogens is 388 g/mol. The van der Waals surface area contributed by atoms with Gasteiger partial charge in [0.1, 0.15) is 17.8 Å². The molecule has 0 saturated heterocycles. The van der Waals surface area contributed by atoms with E-state index in [4.69, 9.17) is 19.3 Å². The number of ether oxygens (including phenoxy) is 3. The summed E-state index contributed by atoms with van der Waals surface area (Å²) in [5.74, 6) is -4.66. The lowest BCUT2D eigenvalue weighted by atomic mass is 9.83. The first kappa shape index (κ1) is 27.4. The third-order valence-electron chi connectivity index (χ3n) is 4.26. The van der Waals surface area contributed by atoms with Crippen molar-refractivity contribution in [1.29, 1.82) is 0 Å². The average Bonchev–Trinajstić information content (AvgIpc) is 2.53. The van der Waals surface area contributed by atoms with E-state index < -0.39 is 60.3 Å². The summed E-state index contributed by atoms with van der Waals surface area (Å²) in [4.78, 5) is 25.4. The van der Waals surface area contributed by atoms with Crippen molar-refractivity contribution in [1.82, 2.24) is 4.90 Å². The van der Waals surface area contributed by atoms with Crippen molar-refractivity contribution in [3.8, 4) is 0 Å². The highest BCUT2D eigenvalue weighted by atomic mass is 19.3. The van der Waals surface area contributed by atoms with Gasteiger partial charge >= 0.3 is 12.2 Å². The van der Waals surface area contributed by atoms with Gasteiger partial charge in [0.05, 0.1) is 6.61 Å². The maximum atomic E-state index is 14.0. The number of carbonyl (C=O) groups excluding carboxylic acids is 2. The molecule has 9 heteroatoms. The van der Waals surface area contributed by atoms with Gasteiger partial charge in [-0.2, -0.15) is 0 Å². The fourth-order valence-electron chi connectivity index (χ4n) is 2.65. The van der Waals surface area contributed by atoms with E-state index in [-0.39, 0.29) is 6.61 Å². The van der Waals surface area contributed by atoms with Crippen LogP contribution in [0.25, 0.3) is 0 Å². The number of amides is 1. The number of aliphatic hydroxyl groups excluding tert-OH is 1. The molecule has 0 aromatic carbocycles. The number of hydrogen-bond acceptors (Lipinski definition) is 6. The molecule has 2 unspecified atom stereocenters. The van der Waals surface area contributed by atoms with Gasteiger partial charge < -0.3 is 24.2 Å². The molecule has 0 aliphatic rings. The van der Waals surface area contributed by atoms with E-state index in [0.29, 0.717) is 0 Å². The Morgan fingerprint density at radius 1 is 1.00 bits per heavy atom. The zero-order chi connectivity index (χ0) is 23.2. The van der Waals surface area contributed by atoms with E-state index in [1.54, 1.807) is 55.4 Å². The molecule has 0 saturated carbocycles. The van der Waals surface area contributed by atoms with Crippen LogP contribution in [0.2, 0.25) is 0 Å². The van der Waals surface area contributed by atoms with Crippen LogP contribution in [0.1, 0.15) is 61.8 Å². The van der Waals surface area contributed by atoms with Gasteiger partial charge in [0.25, 0.3) is 5.92 Å². The van der Waals surface area contributed by atoms with Crippen LogP contribution in [0, 0.1) is 11.8 Å². The molecule has 0 aliphatic heterocycles. The lowest BCUT2D eigenvalue weighted by Gasteiger charge is -2.37. The van der Waals surface area contributed by atoms with Gasteiger partial charge in [0, 0.05) is 19.5 Å². The Labute approximate surface area is 172 Å². The molecule has 29 heavy (non-hydrogen) atoms. The molecule has 0 aromatic rings. The summed E-state index contributed by atoms with van der Waals surface area (Å²) in [6.45, 7) is 11.9. The first-order chi connectivity index (χ1) is 12.9. The third kappa shape index (κ3) is 11.2. The fourth-order valence-corrected chi connectivity index (χ4v) is 2.65. The molecule has 0 aromatic heterocycles. The highest BCUT2D eigenvalue weighted by Crippen LogP contribution is 2.32. The van der Waals surface area contributed by atoms with E-state index in [0.717, 1.165) is 0 Å². The molecular formula is C20H37F2NO6. The Hall–Kier alpha value is -1.64. The fraction of sp³-hybridized carbons (Fsp3) is 0.900. The summed E-state index contributed by atoms with van der Waals surface area (Å²) in [6.07, 6.45) is -2.23. The maximum absolute atomic E-state index is 14.0. The second-order valence-corrected chi connectivity index (χ2v) is 9.47. The predicted molar refractivity (Wildman–Crippen MR) is 105 cm³/mol. The van der Waals surface area contributed by atoms with Gasteiger partial charge in [-0.3, -0.25) is 0 Å². The van der Waals surface area contributed by atoms with Crippen molar-refractivity contribution in [3.05, 3.63) is 0 Å². The van der Waals surface area contributed by atoms with E-state index >= 15 is 0 Å². The average molecular weight is 426 g/mol. The second-order valence-electron chi connectivity index (χ2n) is 9.47. The number of hydrogen-bond donors (Lipinski definition) is 1. The number of alkyl halides is 2. The van der Waals surface area contributed by atoms with E-state index in [9.17, 15) is 18.4 Å². The molecule has 0 radical (unpaired) electrons. The van der Waals surface area contributed by atoms with Gasteiger partial charge in [0.15, 0.2) is 0 Å². The van der Waals surface area contributed by atoms with Gasteiger partial charge in [0.2, 0.25) is 0 Å². The number of carbonyl (C=O) groups is 2. The minimum Gasteiger partial charge on any atom is -0.444 e. The number of rotatable bonds is 8. The normalized spacial score (nSPS) is 15.9. The molecule has 0 fully saturated rings. The Balaban J connectivity index is 5.31. The lowest BCUT2D eigenvalue weighted by molar-refractivity contribution is -0.0861. The molecule has 3 atom stereocenters. The molecule has 1 N–H and O–H groups in total. The Morgan fingerprint density at radius 3 is 1.90 bits per heavy atom. The highest BCUT2D eigenvalue weighted by Gasteiger charge is 2.40. The summed E-state index contributed by atoms with van der Waals surface area (Å²) < 4.78 is 43.4. The zero-order valence-electron chi connectivity index (χ0n) is 19.0. The van der Waals surface area contributed by atoms with Crippen LogP contribution < -0.4 is 0 Å². The number of nitrogens with zero attached hydrogens (tertiary/aromatic N) is 1. The summed E-state index contributed by atoms with van der Waals surface area (Å²) in [5.41, 5.74) is -1.48. The van der Waals surface area contributed by atoms with Crippen molar-refractivity contribution < 1.29 is 37.7 Å². The van der Waals surface area contributed by atoms with Crippen LogP contribution in [0.4, 0.5) is 18.4 Å². The summed E-state index contributed by atoms with van der Waals surface area (Å²) in [7, 11) is 1.46. The van der Waals surface area contributed by atoms with Gasteiger partial charge in [-0.05, 0) is 60.3 Å². The molecule has 0 rings (SSSR count). The minimum absolute atomic E-state index is 0.173. The van der Waals surface area contributed by atoms with Gasteiger partial charge in [-0.25, -0.2) is 18.4 Å². The first-order valence-electron chi connectivity index (χ1n) is 9.69. The smallest absolute Gasteiger partial charge is 0.444 e. The molecule has 1 amide bonds. The van der Waals surface area contributed by atoms with Gasteiger partial charge in [-0.15, -0.1) is 0 Å². The number of halogens is 2. The van der Waals surface area contributed by atoms with E-state index in [1.165, 1.54) is 11.9 Å². The van der Waals surface area contributed by atoms with Crippen LogP contribution in [0.3, 0.4) is 0 Å². The summed E-state index contributed by atoms with van der Waals surface area (Å²) >= 11 is 0.